The highest BCUT2D eigenvalue weighted by Gasteiger charge is 2.14. The Hall–Kier alpha value is -1.26. The van der Waals surface area contributed by atoms with Gasteiger partial charge in [0.15, 0.2) is 0 Å². The van der Waals surface area contributed by atoms with E-state index in [-0.39, 0.29) is 0 Å². The van der Waals surface area contributed by atoms with E-state index in [9.17, 15) is 4.79 Å². The monoisotopic (exact) mass is 215 g/mol. The lowest BCUT2D eigenvalue weighted by Crippen LogP contribution is -2.13. The van der Waals surface area contributed by atoms with Gasteiger partial charge in [-0.25, -0.2) is 4.79 Å². The molecule has 1 aromatic carbocycles. The molecule has 0 unspecified atom stereocenters. The molecule has 0 saturated heterocycles. The van der Waals surface area contributed by atoms with Crippen molar-refractivity contribution in [2.24, 2.45) is 0 Å². The lowest BCUT2D eigenvalue weighted by Gasteiger charge is -2.14. The Kier molecular flexibility index (Phi) is 3.73. The van der Waals surface area contributed by atoms with Gasteiger partial charge in [0.1, 0.15) is 0 Å². The summed E-state index contributed by atoms with van der Waals surface area (Å²) in [6.07, 6.45) is 0. The summed E-state index contributed by atoms with van der Waals surface area (Å²) in [6.45, 7) is 0. The van der Waals surface area contributed by atoms with Crippen LogP contribution >= 0.6 is 11.8 Å². The van der Waals surface area contributed by atoms with Crippen molar-refractivity contribution in [1.82, 2.24) is 0 Å². The minimum atomic E-state index is -0.455. The molecule has 0 aliphatic heterocycles. The zero-order valence-corrected chi connectivity index (χ0v) is 8.62. The quantitative estimate of drug-likeness (QED) is 0.439. The molecule has 0 atom stereocenters. The maximum absolute atomic E-state index is 11.3. The van der Waals surface area contributed by atoms with E-state index >= 15 is 0 Å². The molecule has 0 spiro atoms. The summed E-state index contributed by atoms with van der Waals surface area (Å²) in [6, 6.07) is 6.73. The van der Waals surface area contributed by atoms with E-state index in [1.165, 1.54) is 14.2 Å². The Labute approximate surface area is 87.0 Å². The van der Waals surface area contributed by atoms with Gasteiger partial charge >= 0.3 is 5.97 Å². The van der Waals surface area contributed by atoms with Crippen LogP contribution in [0.4, 0.5) is 5.69 Å². The van der Waals surface area contributed by atoms with E-state index in [0.717, 1.165) is 4.58 Å². The number of nitrogens with zero attached hydrogens (tertiary/aromatic N) is 1. The van der Waals surface area contributed by atoms with E-state index < -0.39 is 5.97 Å². The number of halogens is 1. The second-order valence-electron chi connectivity index (χ2n) is 2.44. The van der Waals surface area contributed by atoms with Gasteiger partial charge in [0.05, 0.1) is 25.5 Å². The molecule has 0 fully saturated rings. The maximum atomic E-state index is 11.3. The third kappa shape index (κ3) is 2.16. The summed E-state index contributed by atoms with van der Waals surface area (Å²) in [7, 11) is 2.71. The Morgan fingerprint density at radius 3 is 2.57 bits per heavy atom. The summed E-state index contributed by atoms with van der Waals surface area (Å²) in [5.74, 6) is -0.455. The molecule has 14 heavy (non-hydrogen) atoms. The van der Waals surface area contributed by atoms with Crippen LogP contribution in [-0.4, -0.2) is 20.2 Å². The van der Waals surface area contributed by atoms with Gasteiger partial charge in [-0.3, -0.25) is 4.84 Å². The lowest BCUT2D eigenvalue weighted by atomic mass is 10.2. The zero-order valence-electron chi connectivity index (χ0n) is 7.86. The van der Waals surface area contributed by atoms with Gasteiger partial charge in [-0.2, -0.15) is 4.58 Å². The van der Waals surface area contributed by atoms with Crippen LogP contribution in [0.25, 0.3) is 0 Å². The molecule has 5 heteroatoms. The first-order chi connectivity index (χ1) is 6.70. The average Bonchev–Trinajstić information content (AvgIpc) is 2.27. The standard InChI is InChI=1S/C9H10ClNO3/c1-13-9(12)7-5-3-4-6-8(7)11(10)14-2/h3-6H,1-2H3. The molecule has 1 aromatic rings. The highest BCUT2D eigenvalue weighted by molar-refractivity contribution is 6.25. The molecule has 0 amide bonds. The number of esters is 1. The SMILES string of the molecule is COC(=O)c1ccccc1N(Cl)OC. The molecular weight excluding hydrogens is 206 g/mol. The number of anilines is 1. The maximum Gasteiger partial charge on any atom is 0.340 e. The molecule has 0 bridgehead atoms. The van der Waals surface area contributed by atoms with Crippen LogP contribution in [0.2, 0.25) is 0 Å². The number of para-hydroxylation sites is 1. The van der Waals surface area contributed by atoms with Crippen molar-refractivity contribution in [3.63, 3.8) is 0 Å². The van der Waals surface area contributed by atoms with Gasteiger partial charge in [0.25, 0.3) is 0 Å². The van der Waals surface area contributed by atoms with Crippen molar-refractivity contribution in [2.75, 3.05) is 18.8 Å². The lowest BCUT2D eigenvalue weighted by molar-refractivity contribution is 0.0600. The summed E-state index contributed by atoms with van der Waals surface area (Å²) in [4.78, 5) is 16.1. The summed E-state index contributed by atoms with van der Waals surface area (Å²) in [5, 5.41) is 0. The fraction of sp³-hybridized carbons (Fsp3) is 0.222. The van der Waals surface area contributed by atoms with Crippen molar-refractivity contribution in [3.05, 3.63) is 29.8 Å². The van der Waals surface area contributed by atoms with Crippen LogP contribution in [0, 0.1) is 0 Å². The number of benzene rings is 1. The molecular formula is C9H10ClNO3. The Bertz CT molecular complexity index is 330. The van der Waals surface area contributed by atoms with E-state index in [1.54, 1.807) is 24.3 Å². The highest BCUT2D eigenvalue weighted by Crippen LogP contribution is 2.22. The molecule has 0 heterocycles. The third-order valence-corrected chi connectivity index (χ3v) is 1.98. The average molecular weight is 216 g/mol. The van der Waals surface area contributed by atoms with Gasteiger partial charge in [0.2, 0.25) is 0 Å². The van der Waals surface area contributed by atoms with E-state index in [2.05, 4.69) is 4.74 Å². The molecule has 76 valence electrons. The summed E-state index contributed by atoms with van der Waals surface area (Å²) < 4.78 is 5.57. The summed E-state index contributed by atoms with van der Waals surface area (Å²) >= 11 is 5.70. The largest absolute Gasteiger partial charge is 0.465 e. The van der Waals surface area contributed by atoms with Gasteiger partial charge in [-0.15, -0.1) is 0 Å². The van der Waals surface area contributed by atoms with E-state index in [0.29, 0.717) is 11.3 Å². The van der Waals surface area contributed by atoms with Gasteiger partial charge in [0, 0.05) is 11.8 Å². The Balaban J connectivity index is 3.09. The van der Waals surface area contributed by atoms with E-state index in [4.69, 9.17) is 16.6 Å². The number of carbonyl (C=O) groups is 1. The Morgan fingerprint density at radius 1 is 1.36 bits per heavy atom. The van der Waals surface area contributed by atoms with Crippen LogP contribution in [-0.2, 0) is 9.57 Å². The molecule has 0 N–H and O–H groups in total. The van der Waals surface area contributed by atoms with E-state index in [1.807, 2.05) is 0 Å². The van der Waals surface area contributed by atoms with Crippen LogP contribution in [0.15, 0.2) is 24.3 Å². The Morgan fingerprint density at radius 2 is 2.00 bits per heavy atom. The number of carbonyl (C=O) groups excluding carboxylic acids is 1. The van der Waals surface area contributed by atoms with Crippen molar-refractivity contribution in [1.29, 1.82) is 0 Å². The first-order valence-corrected chi connectivity index (χ1v) is 4.22. The zero-order chi connectivity index (χ0) is 10.6. The number of hydrogen-bond acceptors (Lipinski definition) is 4. The molecule has 1 rings (SSSR count). The molecule has 4 nitrogen and oxygen atoms in total. The van der Waals surface area contributed by atoms with Crippen LogP contribution in [0.5, 0.6) is 0 Å². The molecule has 0 radical (unpaired) electrons. The smallest absolute Gasteiger partial charge is 0.340 e. The topological polar surface area (TPSA) is 38.8 Å². The van der Waals surface area contributed by atoms with Crippen LogP contribution in [0.1, 0.15) is 10.4 Å². The van der Waals surface area contributed by atoms with Crippen LogP contribution in [0.3, 0.4) is 0 Å². The number of rotatable bonds is 3. The number of methoxy groups -OCH3 is 1. The first kappa shape index (κ1) is 10.8. The highest BCUT2D eigenvalue weighted by atomic mass is 35.5. The van der Waals surface area contributed by atoms with Gasteiger partial charge < -0.3 is 4.74 Å². The predicted molar refractivity (Wildman–Crippen MR) is 53.1 cm³/mol. The minimum Gasteiger partial charge on any atom is -0.465 e. The third-order valence-electron chi connectivity index (χ3n) is 1.66. The summed E-state index contributed by atoms with van der Waals surface area (Å²) in [5.41, 5.74) is 0.801. The molecule has 0 aromatic heterocycles. The normalized spacial score (nSPS) is 9.64. The van der Waals surface area contributed by atoms with Gasteiger partial charge in [-0.1, -0.05) is 12.1 Å². The second-order valence-corrected chi connectivity index (χ2v) is 2.74. The molecule has 0 aliphatic carbocycles. The van der Waals surface area contributed by atoms with Crippen LogP contribution < -0.4 is 4.58 Å². The fourth-order valence-corrected chi connectivity index (χ4v) is 1.16. The van der Waals surface area contributed by atoms with Crippen molar-refractivity contribution < 1.29 is 14.4 Å². The first-order valence-electron chi connectivity index (χ1n) is 3.88. The van der Waals surface area contributed by atoms with Crippen molar-refractivity contribution >= 4 is 23.4 Å². The van der Waals surface area contributed by atoms with Crippen molar-refractivity contribution in [3.8, 4) is 0 Å². The fourth-order valence-electron chi connectivity index (χ4n) is 1.01. The molecule has 0 saturated carbocycles. The van der Waals surface area contributed by atoms with Gasteiger partial charge in [-0.05, 0) is 12.1 Å². The second kappa shape index (κ2) is 4.83. The van der Waals surface area contributed by atoms with Crippen molar-refractivity contribution in [2.45, 2.75) is 0 Å². The number of ether oxygens (including phenoxy) is 1. The molecule has 0 aliphatic rings. The predicted octanol–water partition coefficient (Wildman–Crippen LogP) is 1.99. The number of hydrogen-bond donors (Lipinski definition) is 0. The minimum absolute atomic E-state index is 0.354.